The summed E-state index contributed by atoms with van der Waals surface area (Å²) in [5.41, 5.74) is 6.91. The zero-order chi connectivity index (χ0) is 8.43. The molecule has 0 aliphatic carbocycles. The minimum Gasteiger partial charge on any atom is -0.383 e. The van der Waals surface area contributed by atoms with E-state index < -0.39 is 5.95 Å². The van der Waals surface area contributed by atoms with Gasteiger partial charge in [0.1, 0.15) is 5.82 Å². The van der Waals surface area contributed by atoms with Crippen LogP contribution < -0.4 is 5.73 Å². The van der Waals surface area contributed by atoms with Gasteiger partial charge in [-0.1, -0.05) is 6.92 Å². The second-order valence-corrected chi connectivity index (χ2v) is 2.49. The van der Waals surface area contributed by atoms with Gasteiger partial charge in [0.25, 0.3) is 0 Å². The second kappa shape index (κ2) is 2.86. The van der Waals surface area contributed by atoms with Crippen molar-refractivity contribution in [2.75, 3.05) is 5.73 Å². The van der Waals surface area contributed by atoms with Crippen LogP contribution in [0, 0.1) is 12.9 Å². The summed E-state index contributed by atoms with van der Waals surface area (Å²) in [4.78, 5) is 3.56. The Balaban J connectivity index is 3.21. The highest BCUT2D eigenvalue weighted by Crippen LogP contribution is 2.13. The SMILES string of the molecule is CCc1cc(C)c(F)nc1N. The van der Waals surface area contributed by atoms with Crippen molar-refractivity contribution in [2.24, 2.45) is 0 Å². The molecule has 0 fully saturated rings. The highest BCUT2D eigenvalue weighted by atomic mass is 19.1. The lowest BCUT2D eigenvalue weighted by Gasteiger charge is -2.02. The van der Waals surface area contributed by atoms with Crippen LogP contribution in [-0.2, 0) is 6.42 Å². The fraction of sp³-hybridized carbons (Fsp3) is 0.375. The largest absolute Gasteiger partial charge is 0.383 e. The van der Waals surface area contributed by atoms with Gasteiger partial charge in [0.2, 0.25) is 5.95 Å². The number of nitrogens with two attached hydrogens (primary N) is 1. The van der Waals surface area contributed by atoms with Gasteiger partial charge >= 0.3 is 0 Å². The van der Waals surface area contributed by atoms with Crippen molar-refractivity contribution in [3.8, 4) is 0 Å². The first-order chi connectivity index (χ1) is 5.15. The number of rotatable bonds is 1. The molecule has 0 unspecified atom stereocenters. The first kappa shape index (κ1) is 7.98. The number of hydrogen-bond acceptors (Lipinski definition) is 2. The molecule has 1 heterocycles. The lowest BCUT2D eigenvalue weighted by atomic mass is 10.1. The van der Waals surface area contributed by atoms with Crippen LogP contribution in [0.25, 0.3) is 0 Å². The van der Waals surface area contributed by atoms with E-state index in [2.05, 4.69) is 4.98 Å². The van der Waals surface area contributed by atoms with Crippen molar-refractivity contribution >= 4 is 5.82 Å². The molecule has 11 heavy (non-hydrogen) atoms. The maximum atomic E-state index is 12.7. The van der Waals surface area contributed by atoms with Crippen LogP contribution in [0.5, 0.6) is 0 Å². The number of aryl methyl sites for hydroxylation is 2. The van der Waals surface area contributed by atoms with Crippen LogP contribution in [0.15, 0.2) is 6.07 Å². The number of nitrogen functional groups attached to an aromatic ring is 1. The molecule has 1 rings (SSSR count). The van der Waals surface area contributed by atoms with E-state index in [4.69, 9.17) is 5.73 Å². The third-order valence-electron chi connectivity index (χ3n) is 1.64. The Labute approximate surface area is 65.3 Å². The molecule has 0 saturated heterocycles. The molecule has 0 aromatic carbocycles. The summed E-state index contributed by atoms with van der Waals surface area (Å²) in [6.07, 6.45) is 0.792. The Bertz CT molecular complexity index is 271. The second-order valence-electron chi connectivity index (χ2n) is 2.49. The third kappa shape index (κ3) is 1.48. The van der Waals surface area contributed by atoms with Crippen molar-refractivity contribution < 1.29 is 4.39 Å². The van der Waals surface area contributed by atoms with Crippen molar-refractivity contribution in [3.63, 3.8) is 0 Å². The van der Waals surface area contributed by atoms with E-state index in [9.17, 15) is 4.39 Å². The predicted octanol–water partition coefficient (Wildman–Crippen LogP) is 1.67. The van der Waals surface area contributed by atoms with Gasteiger partial charge in [-0.05, 0) is 25.0 Å². The van der Waals surface area contributed by atoms with E-state index in [1.807, 2.05) is 6.92 Å². The molecule has 0 saturated carbocycles. The molecule has 0 amide bonds. The van der Waals surface area contributed by atoms with Crippen LogP contribution in [-0.4, -0.2) is 4.98 Å². The number of anilines is 1. The smallest absolute Gasteiger partial charge is 0.217 e. The molecule has 1 aromatic heterocycles. The molecule has 0 aliphatic rings. The van der Waals surface area contributed by atoms with E-state index in [1.165, 1.54) is 0 Å². The summed E-state index contributed by atoms with van der Waals surface area (Å²) >= 11 is 0. The van der Waals surface area contributed by atoms with Crippen LogP contribution in [0.1, 0.15) is 18.1 Å². The van der Waals surface area contributed by atoms with Gasteiger partial charge in [0, 0.05) is 5.56 Å². The van der Waals surface area contributed by atoms with Crippen LogP contribution in [0.4, 0.5) is 10.2 Å². The molecule has 0 radical (unpaired) electrons. The maximum absolute atomic E-state index is 12.7. The fourth-order valence-electron chi connectivity index (χ4n) is 0.944. The molecular formula is C8H11FN2. The van der Waals surface area contributed by atoms with Crippen LogP contribution in [0.2, 0.25) is 0 Å². The van der Waals surface area contributed by atoms with Crippen LogP contribution >= 0.6 is 0 Å². The quantitative estimate of drug-likeness (QED) is 0.625. The summed E-state index contributed by atoms with van der Waals surface area (Å²) < 4.78 is 12.7. The number of aromatic nitrogens is 1. The zero-order valence-corrected chi connectivity index (χ0v) is 6.69. The summed E-state index contributed by atoms with van der Waals surface area (Å²) in [6, 6.07) is 1.73. The fourth-order valence-corrected chi connectivity index (χ4v) is 0.944. The highest BCUT2D eigenvalue weighted by molar-refractivity contribution is 5.40. The summed E-state index contributed by atoms with van der Waals surface area (Å²) in [5.74, 6) is -0.171. The van der Waals surface area contributed by atoms with Crippen LogP contribution in [0.3, 0.4) is 0 Å². The normalized spacial score (nSPS) is 10.1. The minimum atomic E-state index is -0.472. The van der Waals surface area contributed by atoms with E-state index in [0.717, 1.165) is 12.0 Å². The van der Waals surface area contributed by atoms with E-state index in [1.54, 1.807) is 13.0 Å². The summed E-state index contributed by atoms with van der Waals surface area (Å²) in [5, 5.41) is 0. The van der Waals surface area contributed by atoms with Gasteiger partial charge in [-0.2, -0.15) is 4.39 Å². The third-order valence-corrected chi connectivity index (χ3v) is 1.64. The first-order valence-electron chi connectivity index (χ1n) is 3.56. The monoisotopic (exact) mass is 154 g/mol. The molecule has 3 heteroatoms. The number of halogens is 1. The Morgan fingerprint density at radius 1 is 1.64 bits per heavy atom. The van der Waals surface area contributed by atoms with Gasteiger partial charge in [-0.25, -0.2) is 4.98 Å². The van der Waals surface area contributed by atoms with Crippen molar-refractivity contribution in [1.29, 1.82) is 0 Å². The van der Waals surface area contributed by atoms with Crippen molar-refractivity contribution in [2.45, 2.75) is 20.3 Å². The predicted molar refractivity (Wildman–Crippen MR) is 42.7 cm³/mol. The maximum Gasteiger partial charge on any atom is 0.217 e. The van der Waals surface area contributed by atoms with E-state index >= 15 is 0 Å². The Morgan fingerprint density at radius 2 is 2.27 bits per heavy atom. The van der Waals surface area contributed by atoms with Gasteiger partial charge in [-0.15, -0.1) is 0 Å². The van der Waals surface area contributed by atoms with Gasteiger partial charge in [-0.3, -0.25) is 0 Å². The first-order valence-corrected chi connectivity index (χ1v) is 3.56. The van der Waals surface area contributed by atoms with E-state index in [0.29, 0.717) is 11.4 Å². The average Bonchev–Trinajstić information content (AvgIpc) is 1.97. The zero-order valence-electron chi connectivity index (χ0n) is 6.69. The number of pyridine rings is 1. The topological polar surface area (TPSA) is 38.9 Å². The standard InChI is InChI=1S/C8H11FN2/c1-3-6-4-5(2)7(9)11-8(6)10/h4H,3H2,1-2H3,(H2,10,11). The van der Waals surface area contributed by atoms with Gasteiger partial charge in [0.15, 0.2) is 0 Å². The van der Waals surface area contributed by atoms with Crippen molar-refractivity contribution in [1.82, 2.24) is 4.98 Å². The minimum absolute atomic E-state index is 0.301. The molecule has 2 nitrogen and oxygen atoms in total. The number of hydrogen-bond donors (Lipinski definition) is 1. The number of nitrogens with zero attached hydrogens (tertiary/aromatic N) is 1. The van der Waals surface area contributed by atoms with Gasteiger partial charge in [0.05, 0.1) is 0 Å². The molecular weight excluding hydrogens is 143 g/mol. The van der Waals surface area contributed by atoms with Crippen molar-refractivity contribution in [3.05, 3.63) is 23.1 Å². The Morgan fingerprint density at radius 3 is 2.82 bits per heavy atom. The molecule has 60 valence electrons. The highest BCUT2D eigenvalue weighted by Gasteiger charge is 2.03. The molecule has 0 bridgehead atoms. The molecule has 0 atom stereocenters. The lowest BCUT2D eigenvalue weighted by Crippen LogP contribution is -2.00. The summed E-state index contributed by atoms with van der Waals surface area (Å²) in [6.45, 7) is 3.64. The van der Waals surface area contributed by atoms with E-state index in [-0.39, 0.29) is 0 Å². The molecule has 1 aromatic rings. The molecule has 2 N–H and O–H groups in total. The van der Waals surface area contributed by atoms with Gasteiger partial charge < -0.3 is 5.73 Å². The Hall–Kier alpha value is -1.12. The molecule has 0 spiro atoms. The molecule has 0 aliphatic heterocycles. The lowest BCUT2D eigenvalue weighted by molar-refractivity contribution is 0.575. The Kier molecular flexibility index (Phi) is 2.08. The summed E-state index contributed by atoms with van der Waals surface area (Å²) in [7, 11) is 0. The average molecular weight is 154 g/mol.